The highest BCUT2D eigenvalue weighted by molar-refractivity contribution is 5.76. The fourth-order valence-electron chi connectivity index (χ4n) is 0.701. The molecule has 3 atom stereocenters. The van der Waals surface area contributed by atoms with Crippen LogP contribution in [0.2, 0.25) is 0 Å². The smallest absolute Gasteiger partial charge is 0.337 e. The minimum absolute atomic E-state index is 0.253. The third-order valence-corrected chi connectivity index (χ3v) is 1.36. The van der Waals surface area contributed by atoms with Gasteiger partial charge in [-0.25, -0.2) is 4.79 Å². The van der Waals surface area contributed by atoms with E-state index < -0.39 is 24.3 Å². The summed E-state index contributed by atoms with van der Waals surface area (Å²) in [6.07, 6.45) is -4.20. The van der Waals surface area contributed by atoms with Gasteiger partial charge in [0.05, 0.1) is 0 Å². The summed E-state index contributed by atoms with van der Waals surface area (Å²) < 4.78 is 4.27. The lowest BCUT2D eigenvalue weighted by molar-refractivity contribution is -0.185. The topological polar surface area (TPSA) is 87.0 Å². The van der Waals surface area contributed by atoms with Gasteiger partial charge in [0.25, 0.3) is 0 Å². The number of carbonyl (C=O) groups excluding carboxylic acids is 1. The molecule has 1 saturated heterocycles. The molecule has 5 nitrogen and oxygen atoms in total. The Kier molecular flexibility index (Phi) is 1.89. The van der Waals surface area contributed by atoms with Gasteiger partial charge in [0.15, 0.2) is 6.10 Å². The lowest BCUT2D eigenvalue weighted by Gasteiger charge is -2.26. The summed E-state index contributed by atoms with van der Waals surface area (Å²) in [4.78, 5) is 10.4. The summed E-state index contributed by atoms with van der Waals surface area (Å²) >= 11 is 0. The van der Waals surface area contributed by atoms with Gasteiger partial charge < -0.3 is 20.1 Å². The van der Waals surface area contributed by atoms with Crippen molar-refractivity contribution < 1.29 is 24.9 Å². The van der Waals surface area contributed by atoms with Gasteiger partial charge in [-0.15, -0.1) is 0 Å². The van der Waals surface area contributed by atoms with E-state index in [0.717, 1.165) is 0 Å². The maximum atomic E-state index is 10.4. The molecule has 0 amide bonds. The van der Waals surface area contributed by atoms with E-state index in [4.69, 9.17) is 15.3 Å². The second-order valence-electron chi connectivity index (χ2n) is 2.13. The first-order valence-electron chi connectivity index (χ1n) is 2.84. The fraction of sp³-hybridized carbons (Fsp3) is 0.800. The van der Waals surface area contributed by atoms with Crippen molar-refractivity contribution in [3.05, 3.63) is 0 Å². The van der Waals surface area contributed by atoms with E-state index in [9.17, 15) is 4.79 Å². The molecule has 1 aliphatic rings. The van der Waals surface area contributed by atoms with Crippen molar-refractivity contribution in [3.8, 4) is 0 Å². The quantitative estimate of drug-likeness (QED) is 0.334. The Bertz CT molecular complexity index is 145. The highest BCUT2D eigenvalue weighted by Gasteiger charge is 2.36. The normalized spacial score (nSPS) is 41.1. The third-order valence-electron chi connectivity index (χ3n) is 1.36. The van der Waals surface area contributed by atoms with E-state index in [2.05, 4.69) is 4.74 Å². The summed E-state index contributed by atoms with van der Waals surface area (Å²) in [5, 5.41) is 26.3. The van der Waals surface area contributed by atoms with Crippen LogP contribution in [0.25, 0.3) is 0 Å². The van der Waals surface area contributed by atoms with E-state index in [1.807, 2.05) is 0 Å². The first-order chi connectivity index (χ1) is 4.63. The number of hydrogen-bond acceptors (Lipinski definition) is 5. The van der Waals surface area contributed by atoms with Crippen molar-refractivity contribution >= 4 is 5.97 Å². The molecular weight excluding hydrogens is 140 g/mol. The summed E-state index contributed by atoms with van der Waals surface area (Å²) in [5.74, 6) is -0.891. The van der Waals surface area contributed by atoms with Crippen molar-refractivity contribution in [2.45, 2.75) is 18.3 Å². The molecule has 1 rings (SSSR count). The Morgan fingerprint density at radius 2 is 2.00 bits per heavy atom. The number of esters is 1. The minimum Gasteiger partial charge on any atom is -0.461 e. The standard InChI is InChI=1S/C5H8O5/c6-2-1-10-5(9)4(8)3(2)7/h2-4,6-8H,1H2/t2-,3?,4-/m1/s1. The number of cyclic esters (lactones) is 1. The molecule has 0 aromatic carbocycles. The molecule has 0 radical (unpaired) electrons. The SMILES string of the molecule is O=C1OC[C@@H](O)C(O)[C@H]1O. The molecular formula is C5H8O5. The van der Waals surface area contributed by atoms with Crippen LogP contribution in [0.4, 0.5) is 0 Å². The Labute approximate surface area is 56.9 Å². The highest BCUT2D eigenvalue weighted by Crippen LogP contribution is 2.08. The van der Waals surface area contributed by atoms with Crippen LogP contribution < -0.4 is 0 Å². The lowest BCUT2D eigenvalue weighted by atomic mass is 10.1. The van der Waals surface area contributed by atoms with Crippen molar-refractivity contribution in [3.63, 3.8) is 0 Å². The predicted molar refractivity (Wildman–Crippen MR) is 29.0 cm³/mol. The molecule has 0 aliphatic carbocycles. The number of rotatable bonds is 0. The van der Waals surface area contributed by atoms with E-state index in [-0.39, 0.29) is 6.61 Å². The second kappa shape index (κ2) is 2.53. The molecule has 3 N–H and O–H groups in total. The van der Waals surface area contributed by atoms with Crippen LogP contribution in [0.3, 0.4) is 0 Å². The van der Waals surface area contributed by atoms with Crippen LogP contribution in [0, 0.1) is 0 Å². The molecule has 5 heteroatoms. The zero-order valence-corrected chi connectivity index (χ0v) is 5.10. The van der Waals surface area contributed by atoms with Crippen LogP contribution in [-0.2, 0) is 9.53 Å². The number of aliphatic hydroxyl groups is 3. The van der Waals surface area contributed by atoms with Crippen LogP contribution in [0.5, 0.6) is 0 Å². The van der Waals surface area contributed by atoms with Gasteiger partial charge in [-0.05, 0) is 0 Å². The molecule has 1 fully saturated rings. The number of aliphatic hydroxyl groups excluding tert-OH is 3. The van der Waals surface area contributed by atoms with Crippen LogP contribution in [-0.4, -0.2) is 46.2 Å². The van der Waals surface area contributed by atoms with Gasteiger partial charge in [0, 0.05) is 0 Å². The molecule has 1 heterocycles. The van der Waals surface area contributed by atoms with Crippen molar-refractivity contribution in [1.29, 1.82) is 0 Å². The summed E-state index contributed by atoms with van der Waals surface area (Å²) in [5.41, 5.74) is 0. The van der Waals surface area contributed by atoms with Gasteiger partial charge in [-0.2, -0.15) is 0 Å². The first-order valence-corrected chi connectivity index (χ1v) is 2.84. The van der Waals surface area contributed by atoms with E-state index in [1.54, 1.807) is 0 Å². The van der Waals surface area contributed by atoms with Gasteiger partial charge in [0.2, 0.25) is 0 Å². The van der Waals surface area contributed by atoms with Gasteiger partial charge in [-0.3, -0.25) is 0 Å². The largest absolute Gasteiger partial charge is 0.461 e. The predicted octanol–water partition coefficient (Wildman–Crippen LogP) is -2.37. The molecule has 0 saturated carbocycles. The number of ether oxygens (including phenoxy) is 1. The molecule has 0 aromatic heterocycles. The molecule has 1 unspecified atom stereocenters. The second-order valence-corrected chi connectivity index (χ2v) is 2.13. The lowest BCUT2D eigenvalue weighted by Crippen LogP contribution is -2.50. The molecule has 10 heavy (non-hydrogen) atoms. The average Bonchev–Trinajstić information content (AvgIpc) is 1.93. The van der Waals surface area contributed by atoms with Crippen LogP contribution >= 0.6 is 0 Å². The third kappa shape index (κ3) is 1.11. The van der Waals surface area contributed by atoms with Gasteiger partial charge >= 0.3 is 5.97 Å². The Morgan fingerprint density at radius 3 is 2.50 bits per heavy atom. The molecule has 58 valence electrons. The number of hydrogen-bond donors (Lipinski definition) is 3. The Hall–Kier alpha value is -0.650. The fourth-order valence-corrected chi connectivity index (χ4v) is 0.701. The van der Waals surface area contributed by atoms with Crippen LogP contribution in [0.15, 0.2) is 0 Å². The Morgan fingerprint density at radius 1 is 1.40 bits per heavy atom. The van der Waals surface area contributed by atoms with Crippen LogP contribution in [0.1, 0.15) is 0 Å². The first kappa shape index (κ1) is 7.46. The monoisotopic (exact) mass is 148 g/mol. The number of carbonyl (C=O) groups is 1. The van der Waals surface area contributed by atoms with Crippen molar-refractivity contribution in [1.82, 2.24) is 0 Å². The Balaban J connectivity index is 2.60. The molecule has 0 aromatic rings. The zero-order valence-electron chi connectivity index (χ0n) is 5.10. The van der Waals surface area contributed by atoms with Gasteiger partial charge in [-0.1, -0.05) is 0 Å². The molecule has 0 spiro atoms. The van der Waals surface area contributed by atoms with E-state index in [0.29, 0.717) is 0 Å². The average molecular weight is 148 g/mol. The zero-order chi connectivity index (χ0) is 7.72. The van der Waals surface area contributed by atoms with Crippen molar-refractivity contribution in [2.75, 3.05) is 6.61 Å². The maximum Gasteiger partial charge on any atom is 0.337 e. The summed E-state index contributed by atoms with van der Waals surface area (Å²) in [6, 6.07) is 0. The summed E-state index contributed by atoms with van der Waals surface area (Å²) in [7, 11) is 0. The highest BCUT2D eigenvalue weighted by atomic mass is 16.6. The van der Waals surface area contributed by atoms with Gasteiger partial charge in [0.1, 0.15) is 18.8 Å². The molecule has 1 aliphatic heterocycles. The summed E-state index contributed by atoms with van der Waals surface area (Å²) in [6.45, 7) is -0.253. The minimum atomic E-state index is -1.61. The van der Waals surface area contributed by atoms with E-state index >= 15 is 0 Å². The maximum absolute atomic E-state index is 10.4. The molecule has 0 bridgehead atoms. The van der Waals surface area contributed by atoms with Crippen molar-refractivity contribution in [2.24, 2.45) is 0 Å². The van der Waals surface area contributed by atoms with E-state index in [1.165, 1.54) is 0 Å².